The third-order valence-electron chi connectivity index (χ3n) is 1.86. The number of nitrogens with one attached hydrogen (secondary N) is 1. The number of halogens is 2. The van der Waals surface area contributed by atoms with Crippen LogP contribution < -0.4 is 5.32 Å². The summed E-state index contributed by atoms with van der Waals surface area (Å²) in [5, 5.41) is 3.12. The third-order valence-corrected chi connectivity index (χ3v) is 1.86. The maximum Gasteiger partial charge on any atom is 0.261 e. The molecule has 3 nitrogen and oxygen atoms in total. The highest BCUT2D eigenvalue weighted by Crippen LogP contribution is 2.06. The summed E-state index contributed by atoms with van der Waals surface area (Å²) in [5.41, 5.74) is 0.654. The Labute approximate surface area is 93.8 Å². The first-order chi connectivity index (χ1) is 7.72. The molecule has 1 aromatic heterocycles. The average molecular weight is 230 g/mol. The molecule has 0 unspecified atom stereocenters. The van der Waals surface area contributed by atoms with Gasteiger partial charge in [0.25, 0.3) is 6.43 Å². The van der Waals surface area contributed by atoms with E-state index < -0.39 is 13.0 Å². The van der Waals surface area contributed by atoms with Gasteiger partial charge in [-0.15, -0.1) is 0 Å². The Hall–Kier alpha value is -1.23. The van der Waals surface area contributed by atoms with Crippen molar-refractivity contribution < 1.29 is 13.5 Å². The number of hydrogen-bond acceptors (Lipinski definition) is 3. The Kier molecular flexibility index (Phi) is 5.71. The van der Waals surface area contributed by atoms with E-state index in [1.807, 2.05) is 12.1 Å². The molecule has 0 aliphatic carbocycles. The van der Waals surface area contributed by atoms with Crippen LogP contribution in [-0.4, -0.2) is 24.6 Å². The number of aromatic nitrogens is 1. The molecule has 0 fully saturated rings. The van der Waals surface area contributed by atoms with Crippen LogP contribution in [0.25, 0.3) is 0 Å². The summed E-state index contributed by atoms with van der Waals surface area (Å²) in [6.07, 6.45) is -1.42. The summed E-state index contributed by atoms with van der Waals surface area (Å²) >= 11 is 0. The standard InChI is InChI=1S/C11H16F2N2O/c1-2-6-14-11-5-3-4-9(15-11)7-16-8-10(12)13/h3-5,10H,2,6-8H2,1H3,(H,14,15). The molecule has 0 amide bonds. The number of alkyl halides is 2. The third kappa shape index (κ3) is 5.02. The van der Waals surface area contributed by atoms with Gasteiger partial charge in [0.2, 0.25) is 0 Å². The van der Waals surface area contributed by atoms with Gasteiger partial charge in [-0.2, -0.15) is 0 Å². The van der Waals surface area contributed by atoms with Gasteiger partial charge in [0, 0.05) is 6.54 Å². The fraction of sp³-hybridized carbons (Fsp3) is 0.545. The summed E-state index contributed by atoms with van der Waals surface area (Å²) in [5.74, 6) is 0.750. The fourth-order valence-electron chi connectivity index (χ4n) is 1.16. The fourth-order valence-corrected chi connectivity index (χ4v) is 1.16. The average Bonchev–Trinajstić information content (AvgIpc) is 2.26. The number of nitrogens with zero attached hydrogens (tertiary/aromatic N) is 1. The second kappa shape index (κ2) is 7.11. The molecule has 0 atom stereocenters. The molecule has 1 aromatic rings. The van der Waals surface area contributed by atoms with E-state index in [1.54, 1.807) is 6.07 Å². The molecule has 0 aliphatic heterocycles. The molecule has 16 heavy (non-hydrogen) atoms. The van der Waals surface area contributed by atoms with Gasteiger partial charge in [-0.1, -0.05) is 13.0 Å². The van der Waals surface area contributed by atoms with Crippen LogP contribution in [0.2, 0.25) is 0 Å². The number of pyridine rings is 1. The predicted molar refractivity (Wildman–Crippen MR) is 58.7 cm³/mol. The lowest BCUT2D eigenvalue weighted by molar-refractivity contribution is 0.00887. The molecule has 0 spiro atoms. The van der Waals surface area contributed by atoms with E-state index in [2.05, 4.69) is 17.2 Å². The van der Waals surface area contributed by atoms with Crippen molar-refractivity contribution in [3.63, 3.8) is 0 Å². The Morgan fingerprint density at radius 3 is 2.94 bits per heavy atom. The van der Waals surface area contributed by atoms with Gasteiger partial charge >= 0.3 is 0 Å². The van der Waals surface area contributed by atoms with Crippen molar-refractivity contribution in [3.05, 3.63) is 23.9 Å². The van der Waals surface area contributed by atoms with Crippen molar-refractivity contribution >= 4 is 5.82 Å². The van der Waals surface area contributed by atoms with Gasteiger partial charge in [-0.25, -0.2) is 13.8 Å². The Morgan fingerprint density at radius 1 is 1.44 bits per heavy atom. The van der Waals surface area contributed by atoms with Crippen LogP contribution in [0.3, 0.4) is 0 Å². The first-order valence-electron chi connectivity index (χ1n) is 5.28. The monoisotopic (exact) mass is 230 g/mol. The zero-order valence-corrected chi connectivity index (χ0v) is 9.25. The summed E-state index contributed by atoms with van der Waals surface area (Å²) in [6, 6.07) is 5.42. The lowest BCUT2D eigenvalue weighted by atomic mass is 10.3. The molecule has 1 rings (SSSR count). The lowest BCUT2D eigenvalue weighted by Gasteiger charge is -2.06. The van der Waals surface area contributed by atoms with Crippen LogP contribution in [-0.2, 0) is 11.3 Å². The minimum absolute atomic E-state index is 0.117. The van der Waals surface area contributed by atoms with Crippen LogP contribution in [0, 0.1) is 0 Å². The van der Waals surface area contributed by atoms with E-state index >= 15 is 0 Å². The topological polar surface area (TPSA) is 34.1 Å². The van der Waals surface area contributed by atoms with Crippen molar-refractivity contribution in [1.29, 1.82) is 0 Å². The Bertz CT molecular complexity index is 308. The Morgan fingerprint density at radius 2 is 2.25 bits per heavy atom. The molecular weight excluding hydrogens is 214 g/mol. The van der Waals surface area contributed by atoms with Gasteiger partial charge in [0.15, 0.2) is 0 Å². The number of rotatable bonds is 7. The molecular formula is C11H16F2N2O. The molecule has 0 aromatic carbocycles. The molecule has 0 bridgehead atoms. The molecule has 90 valence electrons. The molecule has 1 N–H and O–H groups in total. The molecule has 0 saturated carbocycles. The van der Waals surface area contributed by atoms with E-state index in [-0.39, 0.29) is 6.61 Å². The normalized spacial score (nSPS) is 10.8. The van der Waals surface area contributed by atoms with E-state index in [9.17, 15) is 8.78 Å². The number of anilines is 1. The van der Waals surface area contributed by atoms with E-state index in [4.69, 9.17) is 4.74 Å². The van der Waals surface area contributed by atoms with Crippen molar-refractivity contribution in [2.75, 3.05) is 18.5 Å². The molecule has 1 heterocycles. The van der Waals surface area contributed by atoms with Gasteiger partial charge in [-0.05, 0) is 18.6 Å². The first-order valence-corrected chi connectivity index (χ1v) is 5.28. The van der Waals surface area contributed by atoms with Crippen molar-refractivity contribution in [2.24, 2.45) is 0 Å². The van der Waals surface area contributed by atoms with Crippen molar-refractivity contribution in [1.82, 2.24) is 4.98 Å². The molecule has 0 radical (unpaired) electrons. The van der Waals surface area contributed by atoms with Gasteiger partial charge in [-0.3, -0.25) is 0 Å². The lowest BCUT2D eigenvalue weighted by Crippen LogP contribution is -2.07. The predicted octanol–water partition coefficient (Wildman–Crippen LogP) is 2.69. The van der Waals surface area contributed by atoms with E-state index in [0.29, 0.717) is 5.69 Å². The van der Waals surface area contributed by atoms with Crippen molar-refractivity contribution in [2.45, 2.75) is 26.4 Å². The minimum atomic E-state index is -2.43. The quantitative estimate of drug-likeness (QED) is 0.782. The first kappa shape index (κ1) is 12.8. The van der Waals surface area contributed by atoms with Crippen LogP contribution in [0.1, 0.15) is 19.0 Å². The SMILES string of the molecule is CCCNc1cccc(COCC(F)F)n1. The number of hydrogen-bond donors (Lipinski definition) is 1. The highest BCUT2D eigenvalue weighted by atomic mass is 19.3. The molecule has 0 saturated heterocycles. The summed E-state index contributed by atoms with van der Waals surface area (Å²) in [7, 11) is 0. The second-order valence-electron chi connectivity index (χ2n) is 3.35. The van der Waals surface area contributed by atoms with E-state index in [1.165, 1.54) is 0 Å². The van der Waals surface area contributed by atoms with Crippen molar-refractivity contribution in [3.8, 4) is 0 Å². The smallest absolute Gasteiger partial charge is 0.261 e. The largest absolute Gasteiger partial charge is 0.370 e. The highest BCUT2D eigenvalue weighted by Gasteiger charge is 2.03. The summed E-state index contributed by atoms with van der Waals surface area (Å²) in [6.45, 7) is 2.47. The maximum absolute atomic E-state index is 11.8. The summed E-state index contributed by atoms with van der Waals surface area (Å²) in [4.78, 5) is 4.23. The minimum Gasteiger partial charge on any atom is -0.370 e. The molecule has 0 aliphatic rings. The zero-order valence-electron chi connectivity index (χ0n) is 9.25. The van der Waals surface area contributed by atoms with Crippen LogP contribution in [0.5, 0.6) is 0 Å². The second-order valence-corrected chi connectivity index (χ2v) is 3.35. The van der Waals surface area contributed by atoms with Crippen LogP contribution in [0.4, 0.5) is 14.6 Å². The van der Waals surface area contributed by atoms with Gasteiger partial charge in [0.05, 0.1) is 12.3 Å². The van der Waals surface area contributed by atoms with E-state index in [0.717, 1.165) is 18.8 Å². The van der Waals surface area contributed by atoms with Crippen LogP contribution in [0.15, 0.2) is 18.2 Å². The zero-order chi connectivity index (χ0) is 11.8. The highest BCUT2D eigenvalue weighted by molar-refractivity contribution is 5.34. The summed E-state index contributed by atoms with van der Waals surface area (Å²) < 4.78 is 28.5. The maximum atomic E-state index is 11.8. The van der Waals surface area contributed by atoms with Crippen LogP contribution >= 0.6 is 0 Å². The Balaban J connectivity index is 2.40. The van der Waals surface area contributed by atoms with Gasteiger partial charge in [0.1, 0.15) is 12.4 Å². The molecule has 5 heteroatoms. The van der Waals surface area contributed by atoms with Gasteiger partial charge < -0.3 is 10.1 Å². The number of ether oxygens (including phenoxy) is 1.